The summed E-state index contributed by atoms with van der Waals surface area (Å²) in [5.74, 6) is 0. The zero-order chi connectivity index (χ0) is 11.5. The summed E-state index contributed by atoms with van der Waals surface area (Å²) < 4.78 is 1.20. The lowest BCUT2D eigenvalue weighted by molar-refractivity contribution is 0.124. The summed E-state index contributed by atoms with van der Waals surface area (Å²) in [5, 5.41) is 2.15. The Labute approximate surface area is 122 Å². The molecule has 0 aliphatic carbocycles. The molecule has 2 atom stereocenters. The lowest BCUT2D eigenvalue weighted by Gasteiger charge is -2.37. The molecule has 98 valence electrons. The Morgan fingerprint density at radius 2 is 2.35 bits per heavy atom. The summed E-state index contributed by atoms with van der Waals surface area (Å²) in [7, 11) is 0. The molecule has 0 radical (unpaired) electrons. The molecule has 5 heteroatoms. The summed E-state index contributed by atoms with van der Waals surface area (Å²) >= 11 is 5.34. The van der Waals surface area contributed by atoms with E-state index >= 15 is 0 Å². The highest BCUT2D eigenvalue weighted by Gasteiger charge is 2.25. The first kappa shape index (κ1) is 15.4. The lowest BCUT2D eigenvalue weighted by Crippen LogP contribution is -2.48. The molecule has 2 N–H and O–H groups in total. The van der Waals surface area contributed by atoms with Gasteiger partial charge in [0.25, 0.3) is 0 Å². The molecule has 1 saturated heterocycles. The van der Waals surface area contributed by atoms with E-state index in [4.69, 9.17) is 5.73 Å². The van der Waals surface area contributed by atoms with E-state index in [2.05, 4.69) is 39.2 Å². The highest BCUT2D eigenvalue weighted by molar-refractivity contribution is 9.10. The molecule has 17 heavy (non-hydrogen) atoms. The van der Waals surface area contributed by atoms with Crippen LogP contribution in [0.25, 0.3) is 0 Å². The SMILES string of the molecule is CC(N)C1CCCCN1Cc1cc(Br)cs1.Cl. The van der Waals surface area contributed by atoms with E-state index in [0.29, 0.717) is 6.04 Å². The Balaban J connectivity index is 0.00000144. The number of thiophene rings is 1. The molecule has 1 aromatic heterocycles. The average Bonchev–Trinajstić information content (AvgIpc) is 2.64. The van der Waals surface area contributed by atoms with Crippen LogP contribution in [0.15, 0.2) is 15.9 Å². The number of halogens is 2. The lowest BCUT2D eigenvalue weighted by atomic mass is 9.97. The van der Waals surface area contributed by atoms with Gasteiger partial charge in [0, 0.05) is 33.4 Å². The molecule has 0 aromatic carbocycles. The van der Waals surface area contributed by atoms with Gasteiger partial charge in [-0.05, 0) is 48.3 Å². The minimum atomic E-state index is 0. The van der Waals surface area contributed by atoms with Gasteiger partial charge in [0.05, 0.1) is 0 Å². The van der Waals surface area contributed by atoms with Crippen molar-refractivity contribution in [1.82, 2.24) is 4.90 Å². The zero-order valence-corrected chi connectivity index (χ0v) is 13.3. The fraction of sp³-hybridized carbons (Fsp3) is 0.667. The van der Waals surface area contributed by atoms with E-state index in [-0.39, 0.29) is 18.4 Å². The van der Waals surface area contributed by atoms with Crippen LogP contribution in [0.1, 0.15) is 31.1 Å². The molecule has 2 nitrogen and oxygen atoms in total. The van der Waals surface area contributed by atoms with E-state index in [1.807, 2.05) is 11.3 Å². The second-order valence-electron chi connectivity index (χ2n) is 4.62. The van der Waals surface area contributed by atoms with Crippen LogP contribution in [0.2, 0.25) is 0 Å². The van der Waals surface area contributed by atoms with Crippen molar-refractivity contribution in [3.63, 3.8) is 0 Å². The van der Waals surface area contributed by atoms with Crippen LogP contribution >= 0.6 is 39.7 Å². The molecule has 0 bridgehead atoms. The Kier molecular flexibility index (Phi) is 6.45. The Hall–Kier alpha value is 0.390. The molecule has 1 fully saturated rings. The van der Waals surface area contributed by atoms with Crippen LogP contribution in [0.4, 0.5) is 0 Å². The highest BCUT2D eigenvalue weighted by atomic mass is 79.9. The van der Waals surface area contributed by atoms with Gasteiger partial charge in [-0.1, -0.05) is 6.42 Å². The van der Waals surface area contributed by atoms with Gasteiger partial charge in [-0.15, -0.1) is 23.7 Å². The summed E-state index contributed by atoms with van der Waals surface area (Å²) in [5.41, 5.74) is 6.07. The predicted molar refractivity (Wildman–Crippen MR) is 81.0 cm³/mol. The van der Waals surface area contributed by atoms with E-state index < -0.39 is 0 Å². The third-order valence-electron chi connectivity index (χ3n) is 3.25. The maximum Gasteiger partial charge on any atom is 0.0331 e. The molecule has 0 saturated carbocycles. The molecule has 2 rings (SSSR count). The van der Waals surface area contributed by atoms with Crippen molar-refractivity contribution in [1.29, 1.82) is 0 Å². The highest BCUT2D eigenvalue weighted by Crippen LogP contribution is 2.25. The van der Waals surface area contributed by atoms with Crippen molar-refractivity contribution >= 4 is 39.7 Å². The van der Waals surface area contributed by atoms with Crippen LogP contribution < -0.4 is 5.73 Å². The number of likely N-dealkylation sites (tertiary alicyclic amines) is 1. The van der Waals surface area contributed by atoms with E-state index in [0.717, 1.165) is 6.54 Å². The summed E-state index contributed by atoms with van der Waals surface area (Å²) in [6, 6.07) is 3.07. The van der Waals surface area contributed by atoms with Gasteiger partial charge in [-0.2, -0.15) is 0 Å². The first-order valence-corrected chi connectivity index (χ1v) is 7.56. The number of nitrogens with zero attached hydrogens (tertiary/aromatic N) is 1. The fourth-order valence-electron chi connectivity index (χ4n) is 2.45. The quantitative estimate of drug-likeness (QED) is 0.911. The number of hydrogen-bond acceptors (Lipinski definition) is 3. The summed E-state index contributed by atoms with van der Waals surface area (Å²) in [4.78, 5) is 3.98. The van der Waals surface area contributed by atoms with E-state index in [9.17, 15) is 0 Å². The van der Waals surface area contributed by atoms with Crippen molar-refractivity contribution in [2.24, 2.45) is 5.73 Å². The molecule has 2 heterocycles. The standard InChI is InChI=1S/C12H19BrN2S.ClH/c1-9(14)12-4-2-3-5-15(12)7-11-6-10(13)8-16-11;/h6,8-9,12H,2-5,7,14H2,1H3;1H. The molecule has 1 aromatic rings. The molecule has 1 aliphatic heterocycles. The molecule has 0 spiro atoms. The van der Waals surface area contributed by atoms with E-state index in [1.165, 1.54) is 35.2 Å². The van der Waals surface area contributed by atoms with Crippen LogP contribution in [-0.2, 0) is 6.54 Å². The van der Waals surface area contributed by atoms with Crippen molar-refractivity contribution in [3.8, 4) is 0 Å². The number of piperidine rings is 1. The van der Waals surface area contributed by atoms with E-state index in [1.54, 1.807) is 0 Å². The number of rotatable bonds is 3. The van der Waals surface area contributed by atoms with Crippen LogP contribution in [-0.4, -0.2) is 23.5 Å². The minimum absolute atomic E-state index is 0. The van der Waals surface area contributed by atoms with Gasteiger partial charge in [0.15, 0.2) is 0 Å². The minimum Gasteiger partial charge on any atom is -0.327 e. The van der Waals surface area contributed by atoms with Crippen molar-refractivity contribution < 1.29 is 0 Å². The number of hydrogen-bond donors (Lipinski definition) is 1. The van der Waals surface area contributed by atoms with Gasteiger partial charge in [-0.25, -0.2) is 0 Å². The van der Waals surface area contributed by atoms with Crippen LogP contribution in [0, 0.1) is 0 Å². The van der Waals surface area contributed by atoms with Gasteiger partial charge in [0.2, 0.25) is 0 Å². The smallest absolute Gasteiger partial charge is 0.0331 e. The molecule has 0 amide bonds. The molecular weight excluding hydrogens is 320 g/mol. The maximum atomic E-state index is 6.07. The third-order valence-corrected chi connectivity index (χ3v) is 4.93. The molecule has 2 unspecified atom stereocenters. The monoisotopic (exact) mass is 338 g/mol. The molecule has 1 aliphatic rings. The maximum absolute atomic E-state index is 6.07. The summed E-state index contributed by atoms with van der Waals surface area (Å²) in [6.07, 6.45) is 3.90. The normalized spacial score (nSPS) is 23.1. The van der Waals surface area contributed by atoms with Crippen LogP contribution in [0.5, 0.6) is 0 Å². The van der Waals surface area contributed by atoms with Gasteiger partial charge >= 0.3 is 0 Å². The first-order chi connectivity index (χ1) is 7.66. The third kappa shape index (κ3) is 4.21. The average molecular weight is 340 g/mol. The Bertz CT molecular complexity index is 343. The van der Waals surface area contributed by atoms with Gasteiger partial charge in [-0.3, -0.25) is 4.90 Å². The van der Waals surface area contributed by atoms with Crippen molar-refractivity contribution in [2.45, 2.75) is 44.8 Å². The Morgan fingerprint density at radius 3 is 2.94 bits per heavy atom. The molecular formula is C12H20BrClN2S. The van der Waals surface area contributed by atoms with Crippen molar-refractivity contribution in [3.05, 3.63) is 20.8 Å². The second kappa shape index (κ2) is 7.10. The topological polar surface area (TPSA) is 29.3 Å². The largest absolute Gasteiger partial charge is 0.327 e. The van der Waals surface area contributed by atoms with Crippen molar-refractivity contribution in [2.75, 3.05) is 6.54 Å². The van der Waals surface area contributed by atoms with Gasteiger partial charge in [0.1, 0.15) is 0 Å². The summed E-state index contributed by atoms with van der Waals surface area (Å²) in [6.45, 7) is 4.39. The predicted octanol–water partition coefficient (Wildman–Crippen LogP) is 3.63. The fourth-order valence-corrected chi connectivity index (χ4v) is 3.92. The Morgan fingerprint density at radius 1 is 1.59 bits per heavy atom. The zero-order valence-electron chi connectivity index (χ0n) is 10.1. The van der Waals surface area contributed by atoms with Gasteiger partial charge < -0.3 is 5.73 Å². The first-order valence-electron chi connectivity index (χ1n) is 5.89. The van der Waals surface area contributed by atoms with Crippen LogP contribution in [0.3, 0.4) is 0 Å². The number of nitrogens with two attached hydrogens (primary N) is 1. The second-order valence-corrected chi connectivity index (χ2v) is 6.54.